The molecule has 0 radical (unpaired) electrons. The molecule has 14 heavy (non-hydrogen) atoms. The summed E-state index contributed by atoms with van der Waals surface area (Å²) in [5.41, 5.74) is -0.0694. The number of ketones is 1. The molecule has 1 saturated heterocycles. The SMILES string of the molecule is C=CCN1C(C)(C)CC(=O)CC1(C)C. The summed E-state index contributed by atoms with van der Waals surface area (Å²) in [5.74, 6) is 0.375. The molecule has 0 bridgehead atoms. The van der Waals surface area contributed by atoms with Crippen molar-refractivity contribution in [2.24, 2.45) is 0 Å². The molecule has 1 fully saturated rings. The van der Waals surface area contributed by atoms with Crippen LogP contribution in [0.4, 0.5) is 0 Å². The van der Waals surface area contributed by atoms with Crippen molar-refractivity contribution < 1.29 is 4.79 Å². The molecule has 0 saturated carbocycles. The Morgan fingerprint density at radius 1 is 1.29 bits per heavy atom. The molecule has 2 heteroatoms. The number of carbonyl (C=O) groups is 1. The van der Waals surface area contributed by atoms with E-state index in [1.807, 2.05) is 6.08 Å². The lowest BCUT2D eigenvalue weighted by Crippen LogP contribution is -2.60. The van der Waals surface area contributed by atoms with E-state index in [-0.39, 0.29) is 11.1 Å². The molecule has 1 heterocycles. The monoisotopic (exact) mass is 195 g/mol. The van der Waals surface area contributed by atoms with E-state index < -0.39 is 0 Å². The second kappa shape index (κ2) is 3.50. The predicted molar refractivity (Wildman–Crippen MR) is 59.3 cm³/mol. The highest BCUT2D eigenvalue weighted by Gasteiger charge is 2.43. The summed E-state index contributed by atoms with van der Waals surface area (Å²) in [7, 11) is 0. The maximum atomic E-state index is 11.6. The van der Waals surface area contributed by atoms with Crippen LogP contribution in [0.15, 0.2) is 12.7 Å². The molecule has 0 N–H and O–H groups in total. The Morgan fingerprint density at radius 2 is 1.71 bits per heavy atom. The van der Waals surface area contributed by atoms with Gasteiger partial charge in [0.15, 0.2) is 0 Å². The fourth-order valence-corrected chi connectivity index (χ4v) is 2.66. The van der Waals surface area contributed by atoms with Crippen LogP contribution >= 0.6 is 0 Å². The third kappa shape index (κ3) is 2.06. The van der Waals surface area contributed by atoms with E-state index in [1.54, 1.807) is 0 Å². The molecule has 0 spiro atoms. The normalized spacial score (nSPS) is 26.1. The van der Waals surface area contributed by atoms with Crippen LogP contribution in [0, 0.1) is 0 Å². The van der Waals surface area contributed by atoms with Crippen molar-refractivity contribution in [3.63, 3.8) is 0 Å². The molecule has 2 nitrogen and oxygen atoms in total. The summed E-state index contributed by atoms with van der Waals surface area (Å²) >= 11 is 0. The first kappa shape index (κ1) is 11.4. The Kier molecular flexibility index (Phi) is 2.86. The maximum Gasteiger partial charge on any atom is 0.136 e. The molecule has 1 aliphatic rings. The van der Waals surface area contributed by atoms with Gasteiger partial charge in [0.05, 0.1) is 0 Å². The van der Waals surface area contributed by atoms with Crippen LogP contribution in [0.2, 0.25) is 0 Å². The number of Topliss-reactive ketones (excluding diaryl/α,β-unsaturated/α-hetero) is 1. The topological polar surface area (TPSA) is 20.3 Å². The lowest BCUT2D eigenvalue weighted by atomic mass is 9.79. The number of carbonyl (C=O) groups excluding carboxylic acids is 1. The van der Waals surface area contributed by atoms with E-state index in [1.165, 1.54) is 0 Å². The fourth-order valence-electron chi connectivity index (χ4n) is 2.66. The van der Waals surface area contributed by atoms with E-state index >= 15 is 0 Å². The van der Waals surface area contributed by atoms with Crippen molar-refractivity contribution in [1.29, 1.82) is 0 Å². The van der Waals surface area contributed by atoms with E-state index in [0.717, 1.165) is 6.54 Å². The smallest absolute Gasteiger partial charge is 0.136 e. The molecule has 0 aromatic heterocycles. The first-order chi connectivity index (χ1) is 6.29. The Bertz CT molecular complexity index is 233. The molecule has 1 rings (SSSR count). The summed E-state index contributed by atoms with van der Waals surface area (Å²) < 4.78 is 0. The zero-order valence-corrected chi connectivity index (χ0v) is 9.76. The lowest BCUT2D eigenvalue weighted by molar-refractivity contribution is -0.132. The van der Waals surface area contributed by atoms with Gasteiger partial charge in [0.2, 0.25) is 0 Å². The van der Waals surface area contributed by atoms with Crippen LogP contribution in [0.3, 0.4) is 0 Å². The second-order valence-electron chi connectivity index (χ2n) is 5.42. The third-order valence-corrected chi connectivity index (χ3v) is 3.03. The number of rotatable bonds is 2. The zero-order chi connectivity index (χ0) is 11.0. The van der Waals surface area contributed by atoms with Crippen molar-refractivity contribution >= 4 is 5.78 Å². The maximum absolute atomic E-state index is 11.6. The minimum absolute atomic E-state index is 0.0347. The number of hydrogen-bond donors (Lipinski definition) is 0. The minimum Gasteiger partial charge on any atom is -0.300 e. The van der Waals surface area contributed by atoms with Gasteiger partial charge >= 0.3 is 0 Å². The molecule has 0 aromatic rings. The molecular weight excluding hydrogens is 174 g/mol. The van der Waals surface area contributed by atoms with Crippen LogP contribution < -0.4 is 0 Å². The highest BCUT2D eigenvalue weighted by Crippen LogP contribution is 2.35. The van der Waals surface area contributed by atoms with Gasteiger partial charge in [-0.15, -0.1) is 6.58 Å². The van der Waals surface area contributed by atoms with Crippen LogP contribution in [-0.2, 0) is 4.79 Å². The van der Waals surface area contributed by atoms with Crippen molar-refractivity contribution in [2.45, 2.75) is 51.6 Å². The number of piperidine rings is 1. The average Bonchev–Trinajstić information content (AvgIpc) is 1.94. The summed E-state index contributed by atoms with van der Waals surface area (Å²) in [6.07, 6.45) is 3.23. The summed E-state index contributed by atoms with van der Waals surface area (Å²) in [6, 6.07) is 0. The molecule has 0 aromatic carbocycles. The van der Waals surface area contributed by atoms with Gasteiger partial charge in [0, 0.05) is 30.5 Å². The summed E-state index contributed by atoms with van der Waals surface area (Å²) in [4.78, 5) is 14.0. The lowest BCUT2D eigenvalue weighted by Gasteiger charge is -2.51. The van der Waals surface area contributed by atoms with Gasteiger partial charge in [-0.1, -0.05) is 6.08 Å². The highest BCUT2D eigenvalue weighted by molar-refractivity contribution is 5.81. The number of likely N-dealkylation sites (tertiary alicyclic amines) is 1. The largest absolute Gasteiger partial charge is 0.300 e. The zero-order valence-electron chi connectivity index (χ0n) is 9.76. The molecular formula is C12H21NO. The number of hydrogen-bond acceptors (Lipinski definition) is 2. The summed E-state index contributed by atoms with van der Waals surface area (Å²) in [5, 5.41) is 0. The van der Waals surface area contributed by atoms with Gasteiger partial charge in [-0.05, 0) is 27.7 Å². The fraction of sp³-hybridized carbons (Fsp3) is 0.750. The summed E-state index contributed by atoms with van der Waals surface area (Å²) in [6.45, 7) is 13.2. The van der Waals surface area contributed by atoms with Gasteiger partial charge in [0.1, 0.15) is 5.78 Å². The van der Waals surface area contributed by atoms with Gasteiger partial charge in [-0.3, -0.25) is 9.69 Å². The van der Waals surface area contributed by atoms with Crippen molar-refractivity contribution in [2.75, 3.05) is 6.54 Å². The van der Waals surface area contributed by atoms with Crippen molar-refractivity contribution in [3.8, 4) is 0 Å². The van der Waals surface area contributed by atoms with Gasteiger partial charge in [0.25, 0.3) is 0 Å². The average molecular weight is 195 g/mol. The van der Waals surface area contributed by atoms with Gasteiger partial charge in [-0.2, -0.15) is 0 Å². The first-order valence-electron chi connectivity index (χ1n) is 5.20. The van der Waals surface area contributed by atoms with Crippen molar-refractivity contribution in [1.82, 2.24) is 4.90 Å². The van der Waals surface area contributed by atoms with E-state index in [9.17, 15) is 4.79 Å². The Morgan fingerprint density at radius 3 is 2.07 bits per heavy atom. The molecule has 1 aliphatic heterocycles. The van der Waals surface area contributed by atoms with Gasteiger partial charge < -0.3 is 0 Å². The molecule has 0 unspecified atom stereocenters. The van der Waals surface area contributed by atoms with Gasteiger partial charge in [-0.25, -0.2) is 0 Å². The molecule has 0 aliphatic carbocycles. The van der Waals surface area contributed by atoms with Crippen LogP contribution in [0.25, 0.3) is 0 Å². The molecule has 0 atom stereocenters. The minimum atomic E-state index is -0.0347. The Hall–Kier alpha value is -0.630. The molecule has 0 amide bonds. The van der Waals surface area contributed by atoms with E-state index in [0.29, 0.717) is 18.6 Å². The third-order valence-electron chi connectivity index (χ3n) is 3.03. The highest BCUT2D eigenvalue weighted by atomic mass is 16.1. The van der Waals surface area contributed by atoms with Crippen LogP contribution in [0.1, 0.15) is 40.5 Å². The van der Waals surface area contributed by atoms with Crippen LogP contribution in [-0.4, -0.2) is 28.3 Å². The van der Waals surface area contributed by atoms with E-state index in [4.69, 9.17) is 0 Å². The van der Waals surface area contributed by atoms with Crippen LogP contribution in [0.5, 0.6) is 0 Å². The molecule has 80 valence electrons. The number of nitrogens with zero attached hydrogens (tertiary/aromatic N) is 1. The standard InChI is InChI=1S/C12H21NO/c1-6-7-13-11(2,3)8-10(14)9-12(13,4)5/h6H,1,7-9H2,2-5H3. The second-order valence-corrected chi connectivity index (χ2v) is 5.42. The Labute approximate surface area is 87.0 Å². The quantitative estimate of drug-likeness (QED) is 0.631. The Balaban J connectivity index is 2.96. The van der Waals surface area contributed by atoms with Crippen molar-refractivity contribution in [3.05, 3.63) is 12.7 Å². The first-order valence-corrected chi connectivity index (χ1v) is 5.20. The van der Waals surface area contributed by atoms with E-state index in [2.05, 4.69) is 39.2 Å². The predicted octanol–water partition coefficient (Wildman–Crippen LogP) is 2.39.